The van der Waals surface area contributed by atoms with Gasteiger partial charge in [0.2, 0.25) is 0 Å². The van der Waals surface area contributed by atoms with Crippen LogP contribution in [0.4, 0.5) is 13.2 Å². The average Bonchev–Trinajstić information content (AvgIpc) is 2.20. The summed E-state index contributed by atoms with van der Waals surface area (Å²) in [6.45, 7) is 0.723. The van der Waals surface area contributed by atoms with Crippen molar-refractivity contribution in [3.63, 3.8) is 0 Å². The smallest absolute Gasteiger partial charge is 0.376 e. The lowest BCUT2D eigenvalue weighted by Gasteiger charge is -2.26. The first kappa shape index (κ1) is 15.3. The molecule has 1 rings (SSSR count). The lowest BCUT2D eigenvalue weighted by molar-refractivity contribution is -0.258. The van der Waals surface area contributed by atoms with Crippen LogP contribution in [0, 0.1) is 0 Å². The van der Waals surface area contributed by atoms with Gasteiger partial charge in [0.15, 0.2) is 5.60 Å². The van der Waals surface area contributed by atoms with Crippen LogP contribution >= 0.6 is 12.6 Å². The third kappa shape index (κ3) is 3.40. The molecule has 0 aliphatic rings. The Morgan fingerprint density at radius 3 is 1.81 bits per heavy atom. The molecule has 3 N–H and O–H groups in total. The molecule has 0 fully saturated rings. The molecule has 1 aromatic carbocycles. The summed E-state index contributed by atoms with van der Waals surface area (Å²) in [6, 6.07) is 5.21. The predicted octanol–water partition coefficient (Wildman–Crippen LogP) is 2.32. The molecule has 16 heavy (non-hydrogen) atoms. The Morgan fingerprint density at radius 1 is 1.12 bits per heavy atom. The van der Waals surface area contributed by atoms with E-state index in [4.69, 9.17) is 0 Å². The van der Waals surface area contributed by atoms with E-state index in [2.05, 4.69) is 18.4 Å². The fourth-order valence-electron chi connectivity index (χ4n) is 0.950. The SMILES string of the molecule is CC(O)(c1ccc(S)cc1)C(F)(F)F.CN. The molecule has 0 saturated carbocycles. The average molecular weight is 253 g/mol. The number of alkyl halides is 3. The molecule has 0 aliphatic heterocycles. The first-order valence-corrected chi connectivity index (χ1v) is 4.86. The molecular weight excluding hydrogens is 239 g/mol. The van der Waals surface area contributed by atoms with E-state index in [1.54, 1.807) is 0 Å². The maximum Gasteiger partial charge on any atom is 0.421 e. The fourth-order valence-corrected chi connectivity index (χ4v) is 1.10. The standard InChI is InChI=1S/C9H9F3OS.CH5N/c1-8(13,9(10,11)12)6-2-4-7(14)5-3-6;1-2/h2-5,13-14H,1H3;2H2,1H3. The minimum absolute atomic E-state index is 0.192. The van der Waals surface area contributed by atoms with E-state index in [9.17, 15) is 18.3 Å². The van der Waals surface area contributed by atoms with Gasteiger partial charge in [0, 0.05) is 4.90 Å². The Bertz CT molecular complexity index is 322. The van der Waals surface area contributed by atoms with Gasteiger partial charge < -0.3 is 10.8 Å². The van der Waals surface area contributed by atoms with E-state index in [0.717, 1.165) is 6.92 Å². The highest BCUT2D eigenvalue weighted by atomic mass is 32.1. The largest absolute Gasteiger partial charge is 0.421 e. The van der Waals surface area contributed by atoms with Gasteiger partial charge in [0.05, 0.1) is 0 Å². The molecule has 1 unspecified atom stereocenters. The van der Waals surface area contributed by atoms with E-state index >= 15 is 0 Å². The van der Waals surface area contributed by atoms with Crippen LogP contribution in [0.15, 0.2) is 29.2 Å². The van der Waals surface area contributed by atoms with Crippen molar-refractivity contribution in [2.75, 3.05) is 7.05 Å². The maximum atomic E-state index is 12.4. The number of aliphatic hydroxyl groups is 1. The van der Waals surface area contributed by atoms with Gasteiger partial charge in [-0.15, -0.1) is 12.6 Å². The highest BCUT2D eigenvalue weighted by Gasteiger charge is 2.50. The zero-order chi connectivity index (χ0) is 13.0. The molecule has 1 atom stereocenters. The topological polar surface area (TPSA) is 46.2 Å². The molecule has 2 nitrogen and oxygen atoms in total. The number of nitrogens with two attached hydrogens (primary N) is 1. The second-order valence-electron chi connectivity index (χ2n) is 3.12. The Morgan fingerprint density at radius 2 is 1.50 bits per heavy atom. The fraction of sp³-hybridized carbons (Fsp3) is 0.400. The lowest BCUT2D eigenvalue weighted by Crippen LogP contribution is -2.39. The van der Waals surface area contributed by atoms with E-state index in [1.165, 1.54) is 31.3 Å². The molecule has 0 aromatic heterocycles. The highest BCUT2D eigenvalue weighted by molar-refractivity contribution is 7.80. The molecule has 1 aromatic rings. The van der Waals surface area contributed by atoms with Crippen molar-refractivity contribution in [2.45, 2.75) is 23.6 Å². The summed E-state index contributed by atoms with van der Waals surface area (Å²) in [5.74, 6) is 0. The molecule has 0 saturated heterocycles. The van der Waals surface area contributed by atoms with Crippen molar-refractivity contribution < 1.29 is 18.3 Å². The van der Waals surface area contributed by atoms with Crippen molar-refractivity contribution in [2.24, 2.45) is 5.73 Å². The van der Waals surface area contributed by atoms with Gasteiger partial charge in [-0.25, -0.2) is 0 Å². The molecule has 0 amide bonds. The van der Waals surface area contributed by atoms with Crippen LogP contribution in [0.2, 0.25) is 0 Å². The Hall–Kier alpha value is -0.720. The van der Waals surface area contributed by atoms with Crippen LogP contribution in [-0.2, 0) is 5.60 Å². The van der Waals surface area contributed by atoms with E-state index in [1.807, 2.05) is 0 Å². The maximum absolute atomic E-state index is 12.4. The molecule has 92 valence electrons. The summed E-state index contributed by atoms with van der Waals surface area (Å²) in [5.41, 5.74) is 1.50. The highest BCUT2D eigenvalue weighted by Crippen LogP contribution is 2.38. The summed E-state index contributed by atoms with van der Waals surface area (Å²) in [5, 5.41) is 9.26. The molecule has 0 heterocycles. The monoisotopic (exact) mass is 253 g/mol. The van der Waals surface area contributed by atoms with Crippen LogP contribution in [-0.4, -0.2) is 18.3 Å². The Labute approximate surface area is 97.7 Å². The number of hydrogen-bond acceptors (Lipinski definition) is 3. The van der Waals surface area contributed by atoms with Crippen LogP contribution in [0.5, 0.6) is 0 Å². The minimum atomic E-state index is -4.68. The van der Waals surface area contributed by atoms with Crippen molar-refractivity contribution in [3.05, 3.63) is 29.8 Å². The first-order valence-electron chi connectivity index (χ1n) is 4.41. The van der Waals surface area contributed by atoms with Gasteiger partial charge >= 0.3 is 6.18 Å². The van der Waals surface area contributed by atoms with E-state index in [0.29, 0.717) is 4.90 Å². The number of thiol groups is 1. The summed E-state index contributed by atoms with van der Waals surface area (Å²) < 4.78 is 37.1. The van der Waals surface area contributed by atoms with Crippen LogP contribution in [0.3, 0.4) is 0 Å². The van der Waals surface area contributed by atoms with Crippen molar-refractivity contribution in [1.82, 2.24) is 0 Å². The van der Waals surface area contributed by atoms with Gasteiger partial charge in [-0.2, -0.15) is 13.2 Å². The number of hydrogen-bond donors (Lipinski definition) is 3. The van der Waals surface area contributed by atoms with Gasteiger partial charge in [-0.05, 0) is 31.7 Å². The van der Waals surface area contributed by atoms with Gasteiger partial charge in [-0.3, -0.25) is 0 Å². The molecule has 6 heteroatoms. The van der Waals surface area contributed by atoms with Crippen LogP contribution < -0.4 is 5.73 Å². The zero-order valence-electron chi connectivity index (χ0n) is 8.92. The summed E-state index contributed by atoms with van der Waals surface area (Å²) in [7, 11) is 1.50. The lowest BCUT2D eigenvalue weighted by atomic mass is 9.96. The van der Waals surface area contributed by atoms with Crippen molar-refractivity contribution in [1.29, 1.82) is 0 Å². The number of halogens is 3. The summed E-state index contributed by atoms with van der Waals surface area (Å²) >= 11 is 3.94. The van der Waals surface area contributed by atoms with E-state index in [-0.39, 0.29) is 5.56 Å². The zero-order valence-corrected chi connectivity index (χ0v) is 9.81. The Balaban J connectivity index is 0.00000106. The van der Waals surface area contributed by atoms with E-state index < -0.39 is 11.8 Å². The Kier molecular flexibility index (Phi) is 5.31. The minimum Gasteiger partial charge on any atom is -0.376 e. The predicted molar refractivity (Wildman–Crippen MR) is 59.4 cm³/mol. The molecular formula is C10H14F3NOS. The second kappa shape index (κ2) is 5.56. The summed E-state index contributed by atoms with van der Waals surface area (Å²) in [4.78, 5) is 0.548. The van der Waals surface area contributed by atoms with Gasteiger partial charge in [0.25, 0.3) is 0 Å². The van der Waals surface area contributed by atoms with Crippen LogP contribution in [0.1, 0.15) is 12.5 Å². The molecule has 0 spiro atoms. The number of benzene rings is 1. The van der Waals surface area contributed by atoms with Crippen molar-refractivity contribution in [3.8, 4) is 0 Å². The van der Waals surface area contributed by atoms with Crippen LogP contribution in [0.25, 0.3) is 0 Å². The molecule has 0 aliphatic carbocycles. The first-order chi connectivity index (χ1) is 7.25. The third-order valence-electron chi connectivity index (χ3n) is 1.98. The quantitative estimate of drug-likeness (QED) is 0.673. The number of rotatable bonds is 1. The normalized spacial score (nSPS) is 14.8. The third-order valence-corrected chi connectivity index (χ3v) is 2.28. The summed E-state index contributed by atoms with van der Waals surface area (Å²) in [6.07, 6.45) is -4.68. The molecule has 0 bridgehead atoms. The van der Waals surface area contributed by atoms with Gasteiger partial charge in [0.1, 0.15) is 0 Å². The second-order valence-corrected chi connectivity index (χ2v) is 3.63. The van der Waals surface area contributed by atoms with Gasteiger partial charge in [-0.1, -0.05) is 12.1 Å². The van der Waals surface area contributed by atoms with Crippen molar-refractivity contribution >= 4 is 12.6 Å². The molecule has 0 radical (unpaired) electrons.